The van der Waals surface area contributed by atoms with Crippen LogP contribution in [0.25, 0.3) is 0 Å². The molecule has 0 bridgehead atoms. The summed E-state index contributed by atoms with van der Waals surface area (Å²) in [6, 6.07) is 5.91. The van der Waals surface area contributed by atoms with Crippen molar-refractivity contribution in [2.45, 2.75) is 39.7 Å². The first kappa shape index (κ1) is 16.2. The maximum atomic E-state index is 11.8. The third-order valence-electron chi connectivity index (χ3n) is 3.19. The smallest absolute Gasteiger partial charge is 0.224 e. The zero-order valence-electron chi connectivity index (χ0n) is 11.7. The van der Waals surface area contributed by atoms with E-state index in [1.54, 1.807) is 0 Å². The maximum Gasteiger partial charge on any atom is 0.224 e. The van der Waals surface area contributed by atoms with Crippen LogP contribution in [0.1, 0.15) is 31.4 Å². The molecule has 0 saturated carbocycles. The molecule has 2 N–H and O–H groups in total. The molecule has 4 heteroatoms. The lowest BCUT2D eigenvalue weighted by Gasteiger charge is -2.14. The summed E-state index contributed by atoms with van der Waals surface area (Å²) >= 11 is 3.41. The van der Waals surface area contributed by atoms with E-state index in [0.717, 1.165) is 15.6 Å². The van der Waals surface area contributed by atoms with Crippen molar-refractivity contribution in [3.8, 4) is 0 Å². The van der Waals surface area contributed by atoms with Crippen molar-refractivity contribution < 1.29 is 9.90 Å². The number of carbonyl (C=O) groups is 1. The Hall–Kier alpha value is -0.870. The van der Waals surface area contributed by atoms with Crippen molar-refractivity contribution in [2.24, 2.45) is 5.92 Å². The number of aryl methyl sites for hydroxylation is 1. The second-order valence-electron chi connectivity index (χ2n) is 5.20. The van der Waals surface area contributed by atoms with Gasteiger partial charge >= 0.3 is 0 Å². The van der Waals surface area contributed by atoms with Crippen LogP contribution in [0.15, 0.2) is 22.7 Å². The van der Waals surface area contributed by atoms with E-state index < -0.39 is 0 Å². The second-order valence-corrected chi connectivity index (χ2v) is 6.11. The first-order valence-electron chi connectivity index (χ1n) is 6.60. The Bertz CT molecular complexity index is 432. The molecule has 1 amide bonds. The summed E-state index contributed by atoms with van der Waals surface area (Å²) in [5, 5.41) is 12.5. The van der Waals surface area contributed by atoms with Gasteiger partial charge in [0.1, 0.15) is 0 Å². The van der Waals surface area contributed by atoms with Gasteiger partial charge in [-0.3, -0.25) is 4.79 Å². The summed E-state index contributed by atoms with van der Waals surface area (Å²) in [6.07, 6.45) is 0.634. The number of halogens is 1. The zero-order chi connectivity index (χ0) is 14.4. The molecule has 1 rings (SSSR count). The van der Waals surface area contributed by atoms with Crippen LogP contribution in [-0.2, 0) is 11.2 Å². The topological polar surface area (TPSA) is 49.3 Å². The molecular weight excluding hydrogens is 306 g/mol. The van der Waals surface area contributed by atoms with Crippen LogP contribution >= 0.6 is 15.9 Å². The van der Waals surface area contributed by atoms with Gasteiger partial charge in [-0.15, -0.1) is 0 Å². The van der Waals surface area contributed by atoms with Crippen LogP contribution in [0.3, 0.4) is 0 Å². The maximum absolute atomic E-state index is 11.8. The molecule has 0 spiro atoms. The number of hydrogen-bond acceptors (Lipinski definition) is 2. The Balaban J connectivity index is 2.39. The normalized spacial score (nSPS) is 12.5. The lowest BCUT2D eigenvalue weighted by atomic mass is 10.0. The van der Waals surface area contributed by atoms with Gasteiger partial charge in [-0.1, -0.05) is 35.8 Å². The first-order valence-corrected chi connectivity index (χ1v) is 7.39. The molecule has 0 aliphatic rings. The quantitative estimate of drug-likeness (QED) is 0.844. The molecule has 0 radical (unpaired) electrons. The highest BCUT2D eigenvalue weighted by molar-refractivity contribution is 9.10. The molecule has 1 unspecified atom stereocenters. The minimum Gasteiger partial charge on any atom is -0.393 e. The van der Waals surface area contributed by atoms with Gasteiger partial charge < -0.3 is 10.4 Å². The number of aliphatic hydroxyl groups excluding tert-OH is 1. The fourth-order valence-corrected chi connectivity index (χ4v) is 2.26. The molecule has 106 valence electrons. The Morgan fingerprint density at radius 3 is 2.68 bits per heavy atom. The molecule has 0 fully saturated rings. The lowest BCUT2D eigenvalue weighted by molar-refractivity contribution is -0.120. The molecule has 0 aromatic heterocycles. The third-order valence-corrected chi connectivity index (χ3v) is 3.68. The molecule has 1 aromatic rings. The van der Waals surface area contributed by atoms with Gasteiger partial charge in [0.25, 0.3) is 0 Å². The standard InChI is InChI=1S/C15H22BrNO2/c1-10(2)14(18)6-7-17-15(19)9-12-4-5-13(16)8-11(12)3/h4-5,8,10,14,18H,6-7,9H2,1-3H3,(H,17,19). The van der Waals surface area contributed by atoms with Crippen LogP contribution in [0.5, 0.6) is 0 Å². The van der Waals surface area contributed by atoms with E-state index in [1.165, 1.54) is 0 Å². The molecule has 0 saturated heterocycles. The number of nitrogens with one attached hydrogen (secondary N) is 1. The Labute approximate surface area is 123 Å². The van der Waals surface area contributed by atoms with Gasteiger partial charge in [-0.05, 0) is 42.5 Å². The van der Waals surface area contributed by atoms with Crippen molar-refractivity contribution in [1.29, 1.82) is 0 Å². The average molecular weight is 328 g/mol. The van der Waals surface area contributed by atoms with Crippen LogP contribution < -0.4 is 5.32 Å². The third kappa shape index (κ3) is 5.74. The van der Waals surface area contributed by atoms with Gasteiger partial charge in [0.05, 0.1) is 12.5 Å². The first-order chi connectivity index (χ1) is 8.90. The SMILES string of the molecule is Cc1cc(Br)ccc1CC(=O)NCCC(O)C(C)C. The van der Waals surface area contributed by atoms with E-state index in [4.69, 9.17) is 0 Å². The van der Waals surface area contributed by atoms with Crippen molar-refractivity contribution in [1.82, 2.24) is 5.32 Å². The van der Waals surface area contributed by atoms with Crippen LogP contribution in [0.2, 0.25) is 0 Å². The van der Waals surface area contributed by atoms with Crippen LogP contribution in [0, 0.1) is 12.8 Å². The second kappa shape index (κ2) is 7.65. The molecule has 1 atom stereocenters. The molecular formula is C15H22BrNO2. The number of rotatable bonds is 6. The summed E-state index contributed by atoms with van der Waals surface area (Å²) in [5.41, 5.74) is 2.14. The Morgan fingerprint density at radius 2 is 2.11 bits per heavy atom. The van der Waals surface area contributed by atoms with E-state index in [1.807, 2.05) is 39.0 Å². The molecule has 1 aromatic carbocycles. The van der Waals surface area contributed by atoms with Crippen molar-refractivity contribution in [2.75, 3.05) is 6.54 Å². The zero-order valence-corrected chi connectivity index (χ0v) is 13.3. The number of carbonyl (C=O) groups excluding carboxylic acids is 1. The van der Waals surface area contributed by atoms with E-state index in [9.17, 15) is 9.90 Å². The molecule has 3 nitrogen and oxygen atoms in total. The van der Waals surface area contributed by atoms with E-state index >= 15 is 0 Å². The van der Waals surface area contributed by atoms with Gasteiger partial charge in [-0.25, -0.2) is 0 Å². The minimum atomic E-state index is -0.352. The van der Waals surface area contributed by atoms with Gasteiger partial charge in [0, 0.05) is 11.0 Å². The Morgan fingerprint density at radius 1 is 1.42 bits per heavy atom. The van der Waals surface area contributed by atoms with Crippen LogP contribution in [-0.4, -0.2) is 23.7 Å². The van der Waals surface area contributed by atoms with Crippen molar-refractivity contribution in [3.05, 3.63) is 33.8 Å². The number of amides is 1. The fourth-order valence-electron chi connectivity index (χ4n) is 1.79. The average Bonchev–Trinajstić information content (AvgIpc) is 2.32. The summed E-state index contributed by atoms with van der Waals surface area (Å²) in [5.74, 6) is 0.229. The fraction of sp³-hybridized carbons (Fsp3) is 0.533. The highest BCUT2D eigenvalue weighted by Gasteiger charge is 2.10. The number of aliphatic hydroxyl groups is 1. The summed E-state index contributed by atoms with van der Waals surface area (Å²) in [7, 11) is 0. The van der Waals surface area contributed by atoms with Crippen molar-refractivity contribution >= 4 is 21.8 Å². The lowest BCUT2D eigenvalue weighted by Crippen LogP contribution is -2.29. The number of benzene rings is 1. The van der Waals surface area contributed by atoms with E-state index in [-0.39, 0.29) is 17.9 Å². The monoisotopic (exact) mass is 327 g/mol. The highest BCUT2D eigenvalue weighted by Crippen LogP contribution is 2.16. The summed E-state index contributed by atoms with van der Waals surface area (Å²) in [6.45, 7) is 6.46. The van der Waals surface area contributed by atoms with E-state index in [2.05, 4.69) is 21.2 Å². The molecule has 19 heavy (non-hydrogen) atoms. The Kier molecular flexibility index (Phi) is 6.52. The molecule has 0 aliphatic heterocycles. The summed E-state index contributed by atoms with van der Waals surface area (Å²) in [4.78, 5) is 11.8. The largest absolute Gasteiger partial charge is 0.393 e. The van der Waals surface area contributed by atoms with Gasteiger partial charge in [-0.2, -0.15) is 0 Å². The highest BCUT2D eigenvalue weighted by atomic mass is 79.9. The molecule has 0 aliphatic carbocycles. The van der Waals surface area contributed by atoms with E-state index in [0.29, 0.717) is 19.4 Å². The molecule has 0 heterocycles. The van der Waals surface area contributed by atoms with Crippen molar-refractivity contribution in [3.63, 3.8) is 0 Å². The van der Waals surface area contributed by atoms with Gasteiger partial charge in [0.2, 0.25) is 5.91 Å². The summed E-state index contributed by atoms with van der Waals surface area (Å²) < 4.78 is 1.02. The minimum absolute atomic E-state index is 0.00128. The number of hydrogen-bond donors (Lipinski definition) is 2. The van der Waals surface area contributed by atoms with Gasteiger partial charge in [0.15, 0.2) is 0 Å². The predicted molar refractivity (Wildman–Crippen MR) is 81.1 cm³/mol. The predicted octanol–water partition coefficient (Wildman–Crippen LogP) is 2.82. The van der Waals surface area contributed by atoms with Crippen LogP contribution in [0.4, 0.5) is 0 Å².